The molecule has 0 atom stereocenters. The largest absolute Gasteiger partial charge is 0.454 e. The number of rotatable bonds is 4. The highest BCUT2D eigenvalue weighted by Crippen LogP contribution is 2.15. The van der Waals surface area contributed by atoms with Gasteiger partial charge in [0.2, 0.25) is 0 Å². The van der Waals surface area contributed by atoms with Crippen LogP contribution in [0.15, 0.2) is 54.9 Å². The minimum Gasteiger partial charge on any atom is -0.454 e. The second-order valence-corrected chi connectivity index (χ2v) is 5.09. The van der Waals surface area contributed by atoms with Crippen LogP contribution in [0.3, 0.4) is 0 Å². The first-order valence-electron chi connectivity index (χ1n) is 7.12. The Hall–Kier alpha value is -3.08. The van der Waals surface area contributed by atoms with Gasteiger partial charge in [-0.3, -0.25) is 14.8 Å². The van der Waals surface area contributed by atoms with E-state index in [-0.39, 0.29) is 12.4 Å². The van der Waals surface area contributed by atoms with Crippen LogP contribution < -0.4 is 0 Å². The number of nitrogens with zero attached hydrogens (tertiary/aromatic N) is 2. The van der Waals surface area contributed by atoms with Crippen molar-refractivity contribution in [3.05, 3.63) is 71.5 Å². The van der Waals surface area contributed by atoms with Crippen LogP contribution in [0.1, 0.15) is 26.3 Å². The Kier molecular flexibility index (Phi) is 4.10. The number of ketones is 1. The minimum absolute atomic E-state index is 0.246. The van der Waals surface area contributed by atoms with Gasteiger partial charge < -0.3 is 4.74 Å². The second kappa shape index (κ2) is 6.36. The fourth-order valence-electron chi connectivity index (χ4n) is 2.19. The number of carbonyl (C=O) groups excluding carboxylic acids is 2. The maximum Gasteiger partial charge on any atom is 0.340 e. The molecule has 3 aromatic rings. The molecule has 0 saturated heterocycles. The zero-order valence-corrected chi connectivity index (χ0v) is 12.5. The molecular formula is C18H14N2O3. The van der Waals surface area contributed by atoms with Gasteiger partial charge in [0.1, 0.15) is 5.52 Å². The Morgan fingerprint density at radius 3 is 2.52 bits per heavy atom. The van der Waals surface area contributed by atoms with E-state index in [1.165, 1.54) is 6.20 Å². The summed E-state index contributed by atoms with van der Waals surface area (Å²) in [7, 11) is 0. The van der Waals surface area contributed by atoms with Gasteiger partial charge in [-0.25, -0.2) is 4.79 Å². The van der Waals surface area contributed by atoms with Gasteiger partial charge in [0.05, 0.1) is 11.1 Å². The summed E-state index contributed by atoms with van der Waals surface area (Å²) >= 11 is 0. The number of carbonyl (C=O) groups is 2. The molecule has 3 rings (SSSR count). The van der Waals surface area contributed by atoms with E-state index >= 15 is 0 Å². The van der Waals surface area contributed by atoms with Gasteiger partial charge in [0.15, 0.2) is 12.4 Å². The van der Waals surface area contributed by atoms with Crippen LogP contribution in [0.2, 0.25) is 0 Å². The van der Waals surface area contributed by atoms with Crippen LogP contribution in [0.25, 0.3) is 11.0 Å². The smallest absolute Gasteiger partial charge is 0.340 e. The number of benzene rings is 2. The first-order valence-corrected chi connectivity index (χ1v) is 7.12. The van der Waals surface area contributed by atoms with Crippen molar-refractivity contribution in [3.8, 4) is 0 Å². The fraction of sp³-hybridized carbons (Fsp3) is 0.111. The normalized spacial score (nSPS) is 10.5. The van der Waals surface area contributed by atoms with E-state index in [9.17, 15) is 9.59 Å². The summed E-state index contributed by atoms with van der Waals surface area (Å²) in [6.07, 6.45) is 3.06. The molecule has 0 aliphatic rings. The lowest BCUT2D eigenvalue weighted by Gasteiger charge is -2.06. The second-order valence-electron chi connectivity index (χ2n) is 5.09. The van der Waals surface area contributed by atoms with Crippen molar-refractivity contribution in [2.45, 2.75) is 6.92 Å². The lowest BCUT2D eigenvalue weighted by atomic mass is 10.1. The molecule has 2 aromatic carbocycles. The van der Waals surface area contributed by atoms with Crippen LogP contribution in [-0.2, 0) is 4.74 Å². The summed E-state index contributed by atoms with van der Waals surface area (Å²) in [6, 6.07) is 12.2. The molecule has 0 fully saturated rings. The van der Waals surface area contributed by atoms with Crippen molar-refractivity contribution in [2.24, 2.45) is 0 Å². The topological polar surface area (TPSA) is 69.2 Å². The zero-order chi connectivity index (χ0) is 16.2. The molecule has 0 bridgehead atoms. The van der Waals surface area contributed by atoms with Crippen LogP contribution >= 0.6 is 0 Å². The molecule has 0 radical (unpaired) electrons. The molecular weight excluding hydrogens is 292 g/mol. The van der Waals surface area contributed by atoms with E-state index in [0.29, 0.717) is 22.2 Å². The molecule has 0 unspecified atom stereocenters. The molecule has 1 aromatic heterocycles. The number of aryl methyl sites for hydroxylation is 1. The summed E-state index contributed by atoms with van der Waals surface area (Å²) in [5.41, 5.74) is 2.94. The summed E-state index contributed by atoms with van der Waals surface area (Å²) in [6.45, 7) is 1.63. The van der Waals surface area contributed by atoms with E-state index in [4.69, 9.17) is 4.74 Å². The van der Waals surface area contributed by atoms with E-state index in [2.05, 4.69) is 9.97 Å². The third-order valence-electron chi connectivity index (χ3n) is 3.43. The van der Waals surface area contributed by atoms with Gasteiger partial charge in [-0.1, -0.05) is 35.9 Å². The number of fused-ring (bicyclic) bond motifs is 1. The number of esters is 1. The summed E-state index contributed by atoms with van der Waals surface area (Å²) in [5, 5.41) is 0. The third-order valence-corrected chi connectivity index (χ3v) is 3.43. The quantitative estimate of drug-likeness (QED) is 0.547. The van der Waals surface area contributed by atoms with Crippen molar-refractivity contribution >= 4 is 22.8 Å². The first kappa shape index (κ1) is 14.8. The summed E-state index contributed by atoms with van der Waals surface area (Å²) in [5.74, 6) is -0.832. The summed E-state index contributed by atoms with van der Waals surface area (Å²) < 4.78 is 5.13. The van der Waals surface area contributed by atoms with Gasteiger partial charge in [0.25, 0.3) is 0 Å². The van der Waals surface area contributed by atoms with Gasteiger partial charge in [-0.15, -0.1) is 0 Å². The van der Waals surface area contributed by atoms with Crippen molar-refractivity contribution < 1.29 is 14.3 Å². The third kappa shape index (κ3) is 3.23. The molecule has 5 heteroatoms. The maximum atomic E-state index is 12.2. The summed E-state index contributed by atoms with van der Waals surface area (Å²) in [4.78, 5) is 32.5. The van der Waals surface area contributed by atoms with E-state index in [1.807, 2.05) is 19.1 Å². The molecule has 0 aliphatic heterocycles. The van der Waals surface area contributed by atoms with Crippen LogP contribution in [0.5, 0.6) is 0 Å². The molecule has 0 spiro atoms. The molecule has 23 heavy (non-hydrogen) atoms. The zero-order valence-electron chi connectivity index (χ0n) is 12.5. The van der Waals surface area contributed by atoms with E-state index in [0.717, 1.165) is 5.56 Å². The molecule has 1 heterocycles. The highest BCUT2D eigenvalue weighted by atomic mass is 16.5. The van der Waals surface area contributed by atoms with Crippen LogP contribution in [0, 0.1) is 6.92 Å². The lowest BCUT2D eigenvalue weighted by Crippen LogP contribution is -2.14. The molecule has 5 nitrogen and oxygen atoms in total. The average Bonchev–Trinajstić information content (AvgIpc) is 2.59. The van der Waals surface area contributed by atoms with E-state index in [1.54, 1.807) is 36.5 Å². The van der Waals surface area contributed by atoms with Gasteiger partial charge in [-0.2, -0.15) is 0 Å². The van der Waals surface area contributed by atoms with Gasteiger partial charge in [-0.05, 0) is 19.1 Å². The highest BCUT2D eigenvalue weighted by molar-refractivity contribution is 6.03. The Bertz CT molecular complexity index is 868. The number of ether oxygens (including phenoxy) is 1. The standard InChI is InChI=1S/C18H14N2O3/c1-12-5-7-13(8-6-12)16(21)11-23-18(22)14-3-2-4-15-17(14)20-10-9-19-15/h2-10H,11H2,1H3. The predicted octanol–water partition coefficient (Wildman–Crippen LogP) is 2.98. The molecule has 114 valence electrons. The van der Waals surface area contributed by atoms with Crippen LogP contribution in [-0.4, -0.2) is 28.3 Å². The van der Waals surface area contributed by atoms with Crippen molar-refractivity contribution in [3.63, 3.8) is 0 Å². The van der Waals surface area contributed by atoms with Gasteiger partial charge in [0, 0.05) is 18.0 Å². The monoisotopic (exact) mass is 306 g/mol. The molecule has 0 amide bonds. The molecule has 0 saturated carbocycles. The van der Waals surface area contributed by atoms with Crippen molar-refractivity contribution in [1.29, 1.82) is 0 Å². The number of para-hydroxylation sites is 1. The number of Topliss-reactive ketones (excluding diaryl/α,β-unsaturated/α-hetero) is 1. The number of aromatic nitrogens is 2. The predicted molar refractivity (Wildman–Crippen MR) is 85.3 cm³/mol. The molecule has 0 aliphatic carbocycles. The Morgan fingerprint density at radius 2 is 1.74 bits per heavy atom. The maximum absolute atomic E-state index is 12.2. The first-order chi connectivity index (χ1) is 11.1. The molecule has 0 N–H and O–H groups in total. The van der Waals surface area contributed by atoms with E-state index < -0.39 is 5.97 Å². The van der Waals surface area contributed by atoms with Crippen molar-refractivity contribution in [1.82, 2.24) is 9.97 Å². The Balaban J connectivity index is 1.74. The lowest BCUT2D eigenvalue weighted by molar-refractivity contribution is 0.0476. The average molecular weight is 306 g/mol. The minimum atomic E-state index is -0.587. The van der Waals surface area contributed by atoms with Crippen LogP contribution in [0.4, 0.5) is 0 Å². The SMILES string of the molecule is Cc1ccc(C(=O)COC(=O)c2cccc3nccnc23)cc1. The Labute approximate surface area is 133 Å². The Morgan fingerprint density at radius 1 is 1.00 bits per heavy atom. The van der Waals surface area contributed by atoms with Gasteiger partial charge >= 0.3 is 5.97 Å². The fourth-order valence-corrected chi connectivity index (χ4v) is 2.19. The van der Waals surface area contributed by atoms with Crippen molar-refractivity contribution in [2.75, 3.05) is 6.61 Å². The number of hydrogen-bond donors (Lipinski definition) is 0. The number of hydrogen-bond acceptors (Lipinski definition) is 5. The highest BCUT2D eigenvalue weighted by Gasteiger charge is 2.15.